The van der Waals surface area contributed by atoms with Crippen molar-refractivity contribution in [1.29, 1.82) is 5.26 Å². The smallest absolute Gasteiger partial charge is 0.342 e. The number of nitriles is 1. The molecule has 0 bridgehead atoms. The highest BCUT2D eigenvalue weighted by atomic mass is 19.4. The third-order valence-electron chi connectivity index (χ3n) is 7.79. The molecule has 1 aliphatic rings. The Hall–Kier alpha value is -5.18. The standard InChI is InChI=1S/C32H29F3N6O3/c1-4-19(2)30(43)37-25-18-39(20(3)42)29-15-22(32(33,34)35)13-14-28(29)40(31(25)44)17-24-23-10-6-8-12-27(23)41(38-24)26-11-7-5-9-21(26)16-36/h5-15,19,25H,4,17-18H2,1-3H3,(H,37,43)/t19-,25+/m1/s1. The molecule has 12 heteroatoms. The van der Waals surface area contributed by atoms with Crippen LogP contribution in [0.3, 0.4) is 0 Å². The molecule has 0 unspecified atom stereocenters. The summed E-state index contributed by atoms with van der Waals surface area (Å²) in [5, 5.41) is 17.8. The second-order valence-electron chi connectivity index (χ2n) is 10.6. The minimum absolute atomic E-state index is 0.0644. The minimum atomic E-state index is -4.70. The van der Waals surface area contributed by atoms with Crippen LogP contribution >= 0.6 is 0 Å². The maximum atomic E-state index is 14.2. The summed E-state index contributed by atoms with van der Waals surface area (Å²) in [4.78, 5) is 42.3. The fourth-order valence-electron chi connectivity index (χ4n) is 5.21. The van der Waals surface area contributed by atoms with E-state index in [9.17, 15) is 32.8 Å². The van der Waals surface area contributed by atoms with Crippen LogP contribution in [0.25, 0.3) is 16.6 Å². The van der Waals surface area contributed by atoms with E-state index in [4.69, 9.17) is 5.10 Å². The Labute approximate surface area is 251 Å². The number of carbonyl (C=O) groups is 3. The molecule has 2 atom stereocenters. The highest BCUT2D eigenvalue weighted by molar-refractivity contribution is 6.08. The lowest BCUT2D eigenvalue weighted by atomic mass is 10.1. The van der Waals surface area contributed by atoms with Crippen LogP contribution in [0, 0.1) is 17.2 Å². The number of alkyl halides is 3. The molecule has 226 valence electrons. The molecule has 1 N–H and O–H groups in total. The Morgan fingerprint density at radius 2 is 1.77 bits per heavy atom. The van der Waals surface area contributed by atoms with Crippen molar-refractivity contribution in [3.05, 3.63) is 83.6 Å². The number of nitrogens with one attached hydrogen (secondary N) is 1. The first-order valence-corrected chi connectivity index (χ1v) is 14.0. The Morgan fingerprint density at radius 3 is 2.45 bits per heavy atom. The minimum Gasteiger partial charge on any atom is -0.342 e. The van der Waals surface area contributed by atoms with Crippen molar-refractivity contribution in [3.63, 3.8) is 0 Å². The molecule has 2 heterocycles. The molecular formula is C32H29F3N6O3. The second kappa shape index (κ2) is 11.8. The lowest BCUT2D eigenvalue weighted by Gasteiger charge is -2.26. The number of hydrogen-bond donors (Lipinski definition) is 1. The maximum absolute atomic E-state index is 14.2. The molecule has 0 radical (unpaired) electrons. The molecule has 0 saturated heterocycles. The summed E-state index contributed by atoms with van der Waals surface area (Å²) in [6, 6.07) is 17.8. The zero-order chi connectivity index (χ0) is 31.8. The number of hydrogen-bond acceptors (Lipinski definition) is 5. The Kier molecular flexibility index (Phi) is 8.15. The molecule has 0 saturated carbocycles. The predicted molar refractivity (Wildman–Crippen MR) is 158 cm³/mol. The van der Waals surface area contributed by atoms with Crippen molar-refractivity contribution < 1.29 is 27.6 Å². The van der Waals surface area contributed by atoms with Crippen molar-refractivity contribution in [2.45, 2.75) is 46.0 Å². The zero-order valence-corrected chi connectivity index (χ0v) is 24.2. The van der Waals surface area contributed by atoms with Crippen molar-refractivity contribution >= 4 is 40.0 Å². The fraction of sp³-hybridized carbons (Fsp3) is 0.281. The number of halogens is 3. The van der Waals surface area contributed by atoms with Crippen LogP contribution in [-0.2, 0) is 27.1 Å². The van der Waals surface area contributed by atoms with E-state index in [1.54, 1.807) is 60.1 Å². The van der Waals surface area contributed by atoms with Gasteiger partial charge in [-0.1, -0.05) is 44.2 Å². The van der Waals surface area contributed by atoms with Gasteiger partial charge in [-0.05, 0) is 42.8 Å². The van der Waals surface area contributed by atoms with Gasteiger partial charge in [0.15, 0.2) is 0 Å². The first-order valence-electron chi connectivity index (χ1n) is 14.0. The fourth-order valence-corrected chi connectivity index (χ4v) is 5.21. The lowest BCUT2D eigenvalue weighted by molar-refractivity contribution is -0.137. The topological polar surface area (TPSA) is 111 Å². The van der Waals surface area contributed by atoms with Gasteiger partial charge in [-0.2, -0.15) is 23.5 Å². The van der Waals surface area contributed by atoms with Crippen molar-refractivity contribution in [2.24, 2.45) is 5.92 Å². The van der Waals surface area contributed by atoms with E-state index in [0.29, 0.717) is 34.3 Å². The van der Waals surface area contributed by atoms with E-state index in [0.717, 1.165) is 23.1 Å². The number of aromatic nitrogens is 2. The van der Waals surface area contributed by atoms with Gasteiger partial charge < -0.3 is 15.1 Å². The van der Waals surface area contributed by atoms with Crippen molar-refractivity contribution in [2.75, 3.05) is 16.3 Å². The number of fused-ring (bicyclic) bond motifs is 2. The normalized spacial score (nSPS) is 15.8. The number of rotatable bonds is 6. The first-order chi connectivity index (χ1) is 20.9. The summed E-state index contributed by atoms with van der Waals surface area (Å²) in [6.45, 7) is 4.15. The van der Waals surface area contributed by atoms with Crippen LogP contribution in [-0.4, -0.2) is 40.1 Å². The summed E-state index contributed by atoms with van der Waals surface area (Å²) in [7, 11) is 0. The largest absolute Gasteiger partial charge is 0.416 e. The van der Waals surface area contributed by atoms with Crippen LogP contribution < -0.4 is 15.1 Å². The van der Waals surface area contributed by atoms with Crippen LogP contribution in [0.1, 0.15) is 44.0 Å². The molecule has 44 heavy (non-hydrogen) atoms. The average Bonchev–Trinajstić information content (AvgIpc) is 3.33. The van der Waals surface area contributed by atoms with Gasteiger partial charge in [-0.3, -0.25) is 14.4 Å². The molecule has 1 aliphatic heterocycles. The van der Waals surface area contributed by atoms with Crippen LogP contribution in [0.2, 0.25) is 0 Å². The maximum Gasteiger partial charge on any atom is 0.416 e. The Bertz CT molecular complexity index is 1810. The number of nitrogens with zero attached hydrogens (tertiary/aromatic N) is 5. The molecule has 1 aromatic heterocycles. The quantitative estimate of drug-likeness (QED) is 0.320. The molecule has 4 aromatic rings. The highest BCUT2D eigenvalue weighted by Crippen LogP contribution is 2.40. The van der Waals surface area contributed by atoms with Crippen molar-refractivity contribution in [1.82, 2.24) is 15.1 Å². The van der Waals surface area contributed by atoms with Gasteiger partial charge in [0.2, 0.25) is 11.8 Å². The second-order valence-corrected chi connectivity index (χ2v) is 10.6. The molecule has 0 aliphatic carbocycles. The zero-order valence-electron chi connectivity index (χ0n) is 24.2. The van der Waals surface area contributed by atoms with Crippen LogP contribution in [0.5, 0.6) is 0 Å². The van der Waals surface area contributed by atoms with E-state index in [1.807, 2.05) is 6.92 Å². The van der Waals surface area contributed by atoms with Gasteiger partial charge in [-0.15, -0.1) is 0 Å². The van der Waals surface area contributed by atoms with E-state index in [2.05, 4.69) is 11.4 Å². The molecule has 5 rings (SSSR count). The van der Waals surface area contributed by atoms with E-state index < -0.39 is 41.4 Å². The SMILES string of the molecule is CC[C@@H](C)C(=O)N[C@H]1CN(C(C)=O)c2cc(C(F)(F)F)ccc2N(Cc2nn(-c3ccccc3C#N)c3ccccc23)C1=O. The molecule has 3 aromatic carbocycles. The van der Waals surface area contributed by atoms with E-state index >= 15 is 0 Å². The van der Waals surface area contributed by atoms with E-state index in [1.165, 1.54) is 11.8 Å². The first kappa shape index (κ1) is 30.3. The Morgan fingerprint density at radius 1 is 1.07 bits per heavy atom. The molecule has 0 fully saturated rings. The monoisotopic (exact) mass is 602 g/mol. The summed E-state index contributed by atoms with van der Waals surface area (Å²) in [5.74, 6) is -2.06. The van der Waals surface area contributed by atoms with Gasteiger partial charge in [0.1, 0.15) is 12.1 Å². The molecular weight excluding hydrogens is 573 g/mol. The number of para-hydroxylation sites is 2. The van der Waals surface area contributed by atoms with Gasteiger partial charge in [-0.25, -0.2) is 4.68 Å². The van der Waals surface area contributed by atoms with Crippen molar-refractivity contribution in [3.8, 4) is 11.8 Å². The lowest BCUT2D eigenvalue weighted by Crippen LogP contribution is -2.53. The predicted octanol–water partition coefficient (Wildman–Crippen LogP) is 5.35. The Balaban J connectivity index is 1.68. The number of anilines is 2. The van der Waals surface area contributed by atoms with Gasteiger partial charge in [0, 0.05) is 18.2 Å². The van der Waals surface area contributed by atoms with Gasteiger partial charge >= 0.3 is 6.18 Å². The summed E-state index contributed by atoms with van der Waals surface area (Å²) in [6.07, 6.45) is -4.21. The summed E-state index contributed by atoms with van der Waals surface area (Å²) >= 11 is 0. The number of amides is 3. The van der Waals surface area contributed by atoms with Gasteiger partial charge in [0.25, 0.3) is 5.91 Å². The molecule has 0 spiro atoms. The third-order valence-corrected chi connectivity index (χ3v) is 7.79. The summed E-state index contributed by atoms with van der Waals surface area (Å²) in [5.41, 5.74) is 0.890. The van der Waals surface area contributed by atoms with E-state index in [-0.39, 0.29) is 24.5 Å². The van der Waals surface area contributed by atoms with Crippen LogP contribution in [0.4, 0.5) is 24.5 Å². The average molecular weight is 603 g/mol. The molecule has 9 nitrogen and oxygen atoms in total. The number of carbonyl (C=O) groups excluding carboxylic acids is 3. The van der Waals surface area contributed by atoms with Gasteiger partial charge in [0.05, 0.1) is 52.5 Å². The highest BCUT2D eigenvalue weighted by Gasteiger charge is 2.39. The van der Waals surface area contributed by atoms with Crippen LogP contribution in [0.15, 0.2) is 66.7 Å². The number of benzene rings is 3. The molecule has 3 amide bonds. The third kappa shape index (κ3) is 5.60. The summed E-state index contributed by atoms with van der Waals surface area (Å²) < 4.78 is 43.0.